The number of carbonyl (C=O) groups is 1. The number of hydrogen-bond acceptors (Lipinski definition) is 6. The molecule has 0 aromatic carbocycles. The fourth-order valence-corrected chi connectivity index (χ4v) is 3.47. The van der Waals surface area contributed by atoms with Crippen LogP contribution in [0.5, 0.6) is 0 Å². The van der Waals surface area contributed by atoms with E-state index in [4.69, 9.17) is 0 Å². The summed E-state index contributed by atoms with van der Waals surface area (Å²) >= 11 is 3.03. The van der Waals surface area contributed by atoms with E-state index in [1.807, 2.05) is 13.8 Å². The van der Waals surface area contributed by atoms with Crippen molar-refractivity contribution in [2.24, 2.45) is 0 Å². The Kier molecular flexibility index (Phi) is 5.13. The fourth-order valence-electron chi connectivity index (χ4n) is 1.80. The first-order chi connectivity index (χ1) is 9.60. The molecule has 6 nitrogen and oxygen atoms in total. The summed E-state index contributed by atoms with van der Waals surface area (Å²) in [6.45, 7) is 5.96. The minimum absolute atomic E-state index is 0.0470. The molecule has 0 aliphatic rings. The van der Waals surface area contributed by atoms with E-state index in [9.17, 15) is 4.79 Å². The van der Waals surface area contributed by atoms with Gasteiger partial charge in [0.25, 0.3) is 0 Å². The number of anilines is 1. The molecule has 8 heteroatoms. The molecule has 0 atom stereocenters. The molecule has 0 saturated carbocycles. The Morgan fingerprint density at radius 2 is 2.20 bits per heavy atom. The lowest BCUT2D eigenvalue weighted by Crippen LogP contribution is -2.12. The highest BCUT2D eigenvalue weighted by Crippen LogP contribution is 2.25. The number of nitrogens with zero attached hydrogens (tertiary/aromatic N) is 3. The lowest BCUT2D eigenvalue weighted by atomic mass is 10.1. The largest absolute Gasteiger partial charge is 0.300 e. The van der Waals surface area contributed by atoms with Crippen LogP contribution in [0, 0.1) is 13.8 Å². The second-order valence-corrected chi connectivity index (χ2v) is 6.76. The summed E-state index contributed by atoms with van der Waals surface area (Å²) in [5.41, 5.74) is 3.08. The molecule has 2 aromatic heterocycles. The molecule has 0 unspecified atom stereocenters. The molecule has 1 amide bonds. The second-order valence-electron chi connectivity index (χ2n) is 4.27. The van der Waals surface area contributed by atoms with Crippen LogP contribution in [0.4, 0.5) is 5.13 Å². The Morgan fingerprint density at radius 3 is 2.85 bits per heavy atom. The zero-order valence-corrected chi connectivity index (χ0v) is 13.3. The minimum Gasteiger partial charge on any atom is -0.300 e. The van der Waals surface area contributed by atoms with Crippen molar-refractivity contribution in [2.45, 2.75) is 38.0 Å². The first kappa shape index (κ1) is 15.0. The number of thioether (sulfide) groups is 1. The maximum atomic E-state index is 11.9. The van der Waals surface area contributed by atoms with E-state index in [0.29, 0.717) is 18.0 Å². The average molecular weight is 311 g/mol. The number of carbonyl (C=O) groups excluding carboxylic acids is 1. The smallest absolute Gasteiger partial charge is 0.226 e. The number of amides is 1. The molecule has 0 saturated heterocycles. The molecule has 2 N–H and O–H groups in total. The number of hydrogen-bond donors (Lipinski definition) is 2. The number of H-pyrrole nitrogens is 1. The van der Waals surface area contributed by atoms with Crippen LogP contribution in [-0.2, 0) is 11.2 Å². The van der Waals surface area contributed by atoms with Crippen molar-refractivity contribution in [3.8, 4) is 0 Å². The van der Waals surface area contributed by atoms with Gasteiger partial charge in [-0.05, 0) is 31.6 Å². The summed E-state index contributed by atoms with van der Waals surface area (Å²) in [5.74, 6) is 0.899. The molecule has 2 aromatic rings. The third-order valence-electron chi connectivity index (χ3n) is 2.80. The highest BCUT2D eigenvalue weighted by atomic mass is 32.2. The van der Waals surface area contributed by atoms with Crippen molar-refractivity contribution >= 4 is 34.1 Å². The van der Waals surface area contributed by atoms with Crippen molar-refractivity contribution in [3.05, 3.63) is 17.0 Å². The van der Waals surface area contributed by atoms with E-state index in [0.717, 1.165) is 27.0 Å². The van der Waals surface area contributed by atoms with Crippen LogP contribution in [0.3, 0.4) is 0 Å². The third kappa shape index (κ3) is 3.80. The second kappa shape index (κ2) is 6.85. The Bertz CT molecular complexity index is 573. The van der Waals surface area contributed by atoms with E-state index in [1.165, 1.54) is 11.3 Å². The molecule has 0 spiro atoms. The summed E-state index contributed by atoms with van der Waals surface area (Å²) < 4.78 is 0.879. The lowest BCUT2D eigenvalue weighted by molar-refractivity contribution is -0.116. The zero-order valence-electron chi connectivity index (χ0n) is 11.7. The van der Waals surface area contributed by atoms with Gasteiger partial charge in [0, 0.05) is 12.1 Å². The van der Waals surface area contributed by atoms with Gasteiger partial charge in [-0.2, -0.15) is 5.10 Å². The van der Waals surface area contributed by atoms with Crippen molar-refractivity contribution in [3.63, 3.8) is 0 Å². The Morgan fingerprint density at radius 1 is 1.40 bits per heavy atom. The fraction of sp³-hybridized carbons (Fsp3) is 0.500. The predicted octanol–water partition coefficient (Wildman–Crippen LogP) is 2.56. The summed E-state index contributed by atoms with van der Waals surface area (Å²) in [6, 6.07) is 0. The summed E-state index contributed by atoms with van der Waals surface area (Å²) in [7, 11) is 0. The third-order valence-corrected chi connectivity index (χ3v) is 4.66. The van der Waals surface area contributed by atoms with Gasteiger partial charge < -0.3 is 5.32 Å². The molecular weight excluding hydrogens is 294 g/mol. The van der Waals surface area contributed by atoms with E-state index < -0.39 is 0 Å². The number of aryl methyl sites for hydroxylation is 2. The number of rotatable bonds is 6. The molecule has 0 aliphatic carbocycles. The van der Waals surface area contributed by atoms with Gasteiger partial charge in [-0.1, -0.05) is 30.0 Å². The summed E-state index contributed by atoms with van der Waals surface area (Å²) in [5, 5.41) is 18.3. The van der Waals surface area contributed by atoms with Crippen LogP contribution in [0.1, 0.15) is 30.3 Å². The van der Waals surface area contributed by atoms with Gasteiger partial charge in [-0.3, -0.25) is 9.89 Å². The number of nitrogens with one attached hydrogen (secondary N) is 2. The van der Waals surface area contributed by atoms with Crippen molar-refractivity contribution in [1.82, 2.24) is 20.4 Å². The molecule has 0 aliphatic heterocycles. The van der Waals surface area contributed by atoms with Gasteiger partial charge in [0.2, 0.25) is 11.0 Å². The SMILES string of the molecule is CCSc1nnc(NC(=O)CCc2c(C)n[nH]c2C)s1. The van der Waals surface area contributed by atoms with Crippen LogP contribution in [-0.4, -0.2) is 32.1 Å². The normalized spacial score (nSPS) is 10.8. The molecule has 2 rings (SSSR count). The lowest BCUT2D eigenvalue weighted by Gasteiger charge is -2.01. The van der Waals surface area contributed by atoms with E-state index in [1.54, 1.807) is 11.8 Å². The van der Waals surface area contributed by atoms with Crippen LogP contribution < -0.4 is 5.32 Å². The number of aromatic nitrogens is 4. The molecule has 2 heterocycles. The maximum Gasteiger partial charge on any atom is 0.226 e. The monoisotopic (exact) mass is 311 g/mol. The predicted molar refractivity (Wildman–Crippen MR) is 81.3 cm³/mol. The van der Waals surface area contributed by atoms with E-state index >= 15 is 0 Å². The zero-order chi connectivity index (χ0) is 14.5. The Labute approximate surface area is 125 Å². The van der Waals surface area contributed by atoms with E-state index in [-0.39, 0.29) is 5.91 Å². The highest BCUT2D eigenvalue weighted by Gasteiger charge is 2.11. The molecule has 0 fully saturated rings. The summed E-state index contributed by atoms with van der Waals surface area (Å²) in [4.78, 5) is 11.9. The van der Waals surface area contributed by atoms with Crippen molar-refractivity contribution in [2.75, 3.05) is 11.1 Å². The van der Waals surface area contributed by atoms with E-state index in [2.05, 4.69) is 32.6 Å². The van der Waals surface area contributed by atoms with Gasteiger partial charge in [0.15, 0.2) is 4.34 Å². The number of aromatic amines is 1. The van der Waals surface area contributed by atoms with Gasteiger partial charge in [0.1, 0.15) is 0 Å². The topological polar surface area (TPSA) is 83.6 Å². The van der Waals surface area contributed by atoms with Crippen LogP contribution in [0.2, 0.25) is 0 Å². The first-order valence-corrected chi connectivity index (χ1v) is 8.17. The van der Waals surface area contributed by atoms with Gasteiger partial charge in [-0.15, -0.1) is 10.2 Å². The van der Waals surface area contributed by atoms with Gasteiger partial charge >= 0.3 is 0 Å². The molecule has 20 heavy (non-hydrogen) atoms. The quantitative estimate of drug-likeness (QED) is 0.633. The highest BCUT2D eigenvalue weighted by molar-refractivity contribution is 8.01. The molecular formula is C12H17N5OS2. The molecule has 108 valence electrons. The minimum atomic E-state index is -0.0470. The van der Waals surface area contributed by atoms with Crippen LogP contribution in [0.15, 0.2) is 4.34 Å². The van der Waals surface area contributed by atoms with Crippen LogP contribution >= 0.6 is 23.1 Å². The van der Waals surface area contributed by atoms with Crippen molar-refractivity contribution in [1.29, 1.82) is 0 Å². The standard InChI is InChI=1S/C12H17N5OS2/c1-4-19-12-17-16-11(20-12)13-10(18)6-5-9-7(2)14-15-8(9)3/h4-6H2,1-3H3,(H,14,15)(H,13,16,18). The van der Waals surface area contributed by atoms with Gasteiger partial charge in [0.05, 0.1) is 5.69 Å². The summed E-state index contributed by atoms with van der Waals surface area (Å²) in [6.07, 6.45) is 1.09. The molecule has 0 bridgehead atoms. The average Bonchev–Trinajstić information content (AvgIpc) is 2.96. The van der Waals surface area contributed by atoms with Crippen molar-refractivity contribution < 1.29 is 4.79 Å². The molecule has 0 radical (unpaired) electrons. The first-order valence-electron chi connectivity index (χ1n) is 6.36. The Hall–Kier alpha value is -1.41. The Balaban J connectivity index is 1.86. The maximum absolute atomic E-state index is 11.9. The van der Waals surface area contributed by atoms with Crippen LogP contribution in [0.25, 0.3) is 0 Å². The van der Waals surface area contributed by atoms with Gasteiger partial charge in [-0.25, -0.2) is 0 Å².